The summed E-state index contributed by atoms with van der Waals surface area (Å²) in [5.74, 6) is -1.28. The van der Waals surface area contributed by atoms with Crippen molar-refractivity contribution in [1.82, 2.24) is 9.97 Å². The third-order valence-electron chi connectivity index (χ3n) is 3.98. The van der Waals surface area contributed by atoms with Gasteiger partial charge in [-0.3, -0.25) is 0 Å². The first-order valence-corrected chi connectivity index (χ1v) is 9.25. The number of benzene rings is 2. The van der Waals surface area contributed by atoms with E-state index in [-0.39, 0.29) is 17.8 Å². The number of nitrogens with zero attached hydrogens (tertiary/aromatic N) is 2. The summed E-state index contributed by atoms with van der Waals surface area (Å²) >= 11 is 1.33. The Bertz CT molecular complexity index is 1210. The quantitative estimate of drug-likeness (QED) is 0.459. The summed E-state index contributed by atoms with van der Waals surface area (Å²) in [6.45, 7) is 0.0990. The Morgan fingerprint density at radius 3 is 2.76 bits per heavy atom. The van der Waals surface area contributed by atoms with Crippen molar-refractivity contribution in [2.75, 3.05) is 5.32 Å². The van der Waals surface area contributed by atoms with E-state index in [1.54, 1.807) is 24.3 Å². The van der Waals surface area contributed by atoms with Crippen molar-refractivity contribution in [1.29, 1.82) is 0 Å². The lowest BCUT2D eigenvalue weighted by molar-refractivity contribution is 0.0690. The van der Waals surface area contributed by atoms with Gasteiger partial charge in [0.25, 0.3) is 0 Å². The summed E-state index contributed by atoms with van der Waals surface area (Å²) < 4.78 is 33.5. The largest absolute Gasteiger partial charge is 0.477 e. The Hall–Kier alpha value is -3.59. The number of carboxylic acid groups (broad SMARTS) is 1. The predicted octanol–water partition coefficient (Wildman–Crippen LogP) is 5.07. The number of carbonyl (C=O) groups is 1. The first-order chi connectivity index (χ1) is 14.0. The second-order valence-corrected chi connectivity index (χ2v) is 7.05. The van der Waals surface area contributed by atoms with Crippen LogP contribution in [0.25, 0.3) is 10.2 Å². The molecule has 0 aliphatic rings. The topological polar surface area (TPSA) is 84.3 Å². The highest BCUT2D eigenvalue weighted by molar-refractivity contribution is 7.22. The zero-order chi connectivity index (χ0) is 20.4. The van der Waals surface area contributed by atoms with Gasteiger partial charge >= 0.3 is 5.97 Å². The molecule has 4 aromatic rings. The van der Waals surface area contributed by atoms with E-state index in [4.69, 9.17) is 9.84 Å². The van der Waals surface area contributed by atoms with Crippen molar-refractivity contribution in [2.24, 2.45) is 0 Å². The predicted molar refractivity (Wildman–Crippen MR) is 105 cm³/mol. The highest BCUT2D eigenvalue weighted by Crippen LogP contribution is 2.31. The zero-order valence-corrected chi connectivity index (χ0v) is 15.5. The number of carboxylic acids is 1. The number of nitrogens with one attached hydrogen (secondary N) is 1. The fraction of sp³-hybridized carbons (Fsp3) is 0.0500. The van der Waals surface area contributed by atoms with E-state index in [0.29, 0.717) is 22.1 Å². The number of hydrogen-bond donors (Lipinski definition) is 2. The number of ether oxygens (including phenoxy) is 1. The average molecular weight is 413 g/mol. The van der Waals surface area contributed by atoms with Gasteiger partial charge in [-0.25, -0.2) is 23.5 Å². The maximum atomic E-state index is 13.7. The molecule has 0 spiro atoms. The molecule has 0 bridgehead atoms. The van der Waals surface area contributed by atoms with Gasteiger partial charge in [0.15, 0.2) is 10.8 Å². The molecule has 0 amide bonds. The summed E-state index contributed by atoms with van der Waals surface area (Å²) in [5.41, 5.74) is 0.808. The van der Waals surface area contributed by atoms with E-state index in [0.717, 1.165) is 22.9 Å². The molecule has 6 nitrogen and oxygen atoms in total. The molecule has 2 aromatic heterocycles. The fourth-order valence-electron chi connectivity index (χ4n) is 2.62. The molecule has 0 saturated heterocycles. The summed E-state index contributed by atoms with van der Waals surface area (Å²) in [5, 5.41) is 12.6. The first kappa shape index (κ1) is 18.8. The Morgan fingerprint density at radius 1 is 1.10 bits per heavy atom. The standard InChI is InChI=1S/C20H13F2N3O3S/c21-12-1-3-15(22)11(7-12)10-24-20-25-16-4-2-13(9-18(16)29-20)28-14-5-6-23-17(8-14)19(26)27/h1-9H,10H2,(H,24,25)(H,26,27). The van der Waals surface area contributed by atoms with Gasteiger partial charge in [-0.15, -0.1) is 0 Å². The van der Waals surface area contributed by atoms with E-state index in [2.05, 4.69) is 15.3 Å². The SMILES string of the molecule is O=C(O)c1cc(Oc2ccc3nc(NCc4cc(F)ccc4F)sc3c2)ccn1. The number of aromatic carboxylic acids is 1. The van der Waals surface area contributed by atoms with Crippen LogP contribution in [0.4, 0.5) is 13.9 Å². The minimum Gasteiger partial charge on any atom is -0.477 e. The molecule has 0 unspecified atom stereocenters. The van der Waals surface area contributed by atoms with E-state index in [1.807, 2.05) is 0 Å². The van der Waals surface area contributed by atoms with Crippen LogP contribution in [-0.2, 0) is 6.54 Å². The van der Waals surface area contributed by atoms with E-state index < -0.39 is 17.6 Å². The minimum atomic E-state index is -1.14. The lowest BCUT2D eigenvalue weighted by atomic mass is 10.2. The second-order valence-electron chi connectivity index (χ2n) is 6.02. The Morgan fingerprint density at radius 2 is 1.93 bits per heavy atom. The molecular formula is C20H13F2N3O3S. The van der Waals surface area contributed by atoms with E-state index in [1.165, 1.54) is 23.6 Å². The van der Waals surface area contributed by atoms with Gasteiger partial charge in [-0.2, -0.15) is 0 Å². The van der Waals surface area contributed by atoms with Crippen molar-refractivity contribution in [3.8, 4) is 11.5 Å². The molecule has 0 saturated carbocycles. The molecule has 0 aliphatic heterocycles. The van der Waals surface area contributed by atoms with Gasteiger partial charge in [0.1, 0.15) is 23.1 Å². The normalized spacial score (nSPS) is 10.8. The molecule has 0 atom stereocenters. The number of hydrogen-bond acceptors (Lipinski definition) is 6. The Balaban J connectivity index is 1.51. The van der Waals surface area contributed by atoms with Crippen LogP contribution in [0, 0.1) is 11.6 Å². The Labute approximate surface area is 167 Å². The first-order valence-electron chi connectivity index (χ1n) is 8.43. The maximum Gasteiger partial charge on any atom is 0.354 e. The molecule has 29 heavy (non-hydrogen) atoms. The molecule has 9 heteroatoms. The average Bonchev–Trinajstić information content (AvgIpc) is 3.11. The summed E-state index contributed by atoms with van der Waals surface area (Å²) in [4.78, 5) is 19.2. The van der Waals surface area contributed by atoms with Crippen LogP contribution in [0.15, 0.2) is 54.7 Å². The third kappa shape index (κ3) is 4.30. The van der Waals surface area contributed by atoms with Crippen molar-refractivity contribution in [3.05, 3.63) is 77.6 Å². The zero-order valence-electron chi connectivity index (χ0n) is 14.7. The highest BCUT2D eigenvalue weighted by Gasteiger charge is 2.10. The van der Waals surface area contributed by atoms with E-state index in [9.17, 15) is 13.6 Å². The van der Waals surface area contributed by atoms with Gasteiger partial charge < -0.3 is 15.2 Å². The maximum absolute atomic E-state index is 13.7. The molecule has 2 heterocycles. The van der Waals surface area contributed by atoms with Crippen LogP contribution in [0.2, 0.25) is 0 Å². The van der Waals surface area contributed by atoms with Crippen molar-refractivity contribution in [3.63, 3.8) is 0 Å². The van der Waals surface area contributed by atoms with Crippen molar-refractivity contribution in [2.45, 2.75) is 6.54 Å². The summed E-state index contributed by atoms with van der Waals surface area (Å²) in [7, 11) is 0. The number of anilines is 1. The Kier molecular flexibility index (Phi) is 5.05. The lowest BCUT2D eigenvalue weighted by Gasteiger charge is -2.05. The van der Waals surface area contributed by atoms with Crippen LogP contribution in [0.3, 0.4) is 0 Å². The molecule has 2 N–H and O–H groups in total. The lowest BCUT2D eigenvalue weighted by Crippen LogP contribution is -2.01. The molecule has 0 radical (unpaired) electrons. The van der Waals surface area contributed by atoms with Crippen LogP contribution in [0.1, 0.15) is 16.1 Å². The summed E-state index contributed by atoms with van der Waals surface area (Å²) in [6.07, 6.45) is 1.36. The van der Waals surface area contributed by atoms with Crippen molar-refractivity contribution >= 4 is 32.7 Å². The number of halogens is 2. The van der Waals surface area contributed by atoms with Crippen LogP contribution >= 0.6 is 11.3 Å². The third-order valence-corrected chi connectivity index (χ3v) is 4.96. The van der Waals surface area contributed by atoms with Gasteiger partial charge in [-0.1, -0.05) is 11.3 Å². The minimum absolute atomic E-state index is 0.0990. The summed E-state index contributed by atoms with van der Waals surface area (Å²) in [6, 6.07) is 11.4. The van der Waals surface area contributed by atoms with E-state index >= 15 is 0 Å². The van der Waals surface area contributed by atoms with Crippen molar-refractivity contribution < 1.29 is 23.4 Å². The molecule has 0 fully saturated rings. The van der Waals surface area contributed by atoms with Crippen LogP contribution in [-0.4, -0.2) is 21.0 Å². The molecule has 2 aromatic carbocycles. The fourth-order valence-corrected chi connectivity index (χ4v) is 3.51. The van der Waals surface area contributed by atoms with Crippen LogP contribution in [0.5, 0.6) is 11.5 Å². The van der Waals surface area contributed by atoms with Gasteiger partial charge in [0, 0.05) is 30.4 Å². The number of rotatable bonds is 6. The number of aromatic nitrogens is 2. The monoisotopic (exact) mass is 413 g/mol. The smallest absolute Gasteiger partial charge is 0.354 e. The molecule has 4 rings (SSSR count). The van der Waals surface area contributed by atoms with Gasteiger partial charge in [-0.05, 0) is 36.4 Å². The van der Waals surface area contributed by atoms with Gasteiger partial charge in [0.2, 0.25) is 0 Å². The number of pyridine rings is 1. The second kappa shape index (κ2) is 7.80. The van der Waals surface area contributed by atoms with Gasteiger partial charge in [0.05, 0.1) is 10.2 Å². The number of thiazole rings is 1. The molecule has 146 valence electrons. The highest BCUT2D eigenvalue weighted by atomic mass is 32.1. The molecular weight excluding hydrogens is 400 g/mol. The van der Waals surface area contributed by atoms with Crippen LogP contribution < -0.4 is 10.1 Å². The number of fused-ring (bicyclic) bond motifs is 1. The molecule has 0 aliphatic carbocycles.